The molecule has 19 nitrogen and oxygen atoms in total. The normalized spacial score (nSPS) is 14.3. The fraction of sp³-hybridized carbons (Fsp3) is 0.378. The Kier molecular flexibility index (Phi) is 18.8. The number of primary amides is 1. The van der Waals surface area contributed by atoms with Crippen LogP contribution in [0, 0.1) is 5.92 Å². The van der Waals surface area contributed by atoms with Crippen LogP contribution in [0.25, 0.3) is 10.9 Å². The van der Waals surface area contributed by atoms with E-state index in [0.717, 1.165) is 10.9 Å². The summed E-state index contributed by atoms with van der Waals surface area (Å²) in [6.45, 7) is 3.78. The molecule has 0 aliphatic heterocycles. The van der Waals surface area contributed by atoms with Crippen molar-refractivity contribution in [1.82, 2.24) is 31.6 Å². The Balaban J connectivity index is 1.62. The Labute approximate surface area is 370 Å². The number of guanidine groups is 1. The van der Waals surface area contributed by atoms with Crippen LogP contribution in [0.3, 0.4) is 0 Å². The van der Waals surface area contributed by atoms with Crippen LogP contribution in [0.1, 0.15) is 56.2 Å². The van der Waals surface area contributed by atoms with Gasteiger partial charge in [-0.2, -0.15) is 0 Å². The lowest BCUT2D eigenvalue weighted by Gasteiger charge is -2.29. The van der Waals surface area contributed by atoms with E-state index in [1.165, 1.54) is 0 Å². The van der Waals surface area contributed by atoms with E-state index in [2.05, 4.69) is 36.6 Å². The van der Waals surface area contributed by atoms with Crippen molar-refractivity contribution in [3.05, 3.63) is 108 Å². The largest absolute Gasteiger partial charge is 0.481 e. The quantitative estimate of drug-likeness (QED) is 0.0239. The van der Waals surface area contributed by atoms with E-state index in [-0.39, 0.29) is 38.2 Å². The minimum absolute atomic E-state index is 0.0115. The molecule has 64 heavy (non-hydrogen) atoms. The van der Waals surface area contributed by atoms with Gasteiger partial charge in [0.1, 0.15) is 30.2 Å². The van der Waals surface area contributed by atoms with Crippen LogP contribution in [-0.4, -0.2) is 100 Å². The molecule has 1 heterocycles. The Morgan fingerprint density at radius 1 is 0.656 bits per heavy atom. The van der Waals surface area contributed by atoms with E-state index >= 15 is 0 Å². The summed E-state index contributed by atoms with van der Waals surface area (Å²) in [6, 6.07) is 17.3. The minimum Gasteiger partial charge on any atom is -0.481 e. The number of nitrogens with two attached hydrogens (primary N) is 4. The van der Waals surface area contributed by atoms with E-state index in [9.17, 15) is 38.7 Å². The number of carbonyl (C=O) groups excluding carboxylic acids is 6. The van der Waals surface area contributed by atoms with Gasteiger partial charge in [0.2, 0.25) is 35.4 Å². The lowest BCUT2D eigenvalue weighted by atomic mass is 9.96. The summed E-state index contributed by atoms with van der Waals surface area (Å²) in [7, 11) is 0. The third kappa shape index (κ3) is 15.3. The number of para-hydroxylation sites is 1. The van der Waals surface area contributed by atoms with Crippen molar-refractivity contribution in [2.75, 3.05) is 6.54 Å². The smallest absolute Gasteiger partial charge is 0.305 e. The van der Waals surface area contributed by atoms with Crippen molar-refractivity contribution in [3.8, 4) is 0 Å². The van der Waals surface area contributed by atoms with Crippen LogP contribution < -0.4 is 49.5 Å². The lowest BCUT2D eigenvalue weighted by molar-refractivity contribution is -0.140. The molecule has 15 N–H and O–H groups in total. The molecular formula is C45H59N11O8. The second-order valence-corrected chi connectivity index (χ2v) is 15.6. The second kappa shape index (κ2) is 24.4. The van der Waals surface area contributed by atoms with Crippen LogP contribution in [-0.2, 0) is 52.8 Å². The molecule has 19 heteroatoms. The molecule has 7 atom stereocenters. The van der Waals surface area contributed by atoms with E-state index in [0.29, 0.717) is 29.5 Å². The van der Waals surface area contributed by atoms with Crippen molar-refractivity contribution in [2.24, 2.45) is 33.8 Å². The number of carbonyl (C=O) groups is 7. The summed E-state index contributed by atoms with van der Waals surface area (Å²) >= 11 is 0. The summed E-state index contributed by atoms with van der Waals surface area (Å²) in [4.78, 5) is 101. The minimum atomic E-state index is -1.57. The number of aromatic nitrogens is 1. The maximum atomic E-state index is 14.5. The molecular weight excluding hydrogens is 823 g/mol. The number of aliphatic imine (C=N–C) groups is 1. The highest BCUT2D eigenvalue weighted by atomic mass is 16.4. The van der Waals surface area contributed by atoms with Crippen molar-refractivity contribution in [2.45, 2.75) is 95.0 Å². The summed E-state index contributed by atoms with van der Waals surface area (Å²) in [5, 5.41) is 23.6. The SMILES string of the molecule is CC[C@@H](C)[C@@H](NC(=O)[C@@H](Cc1ccccc1)NC(=O)[C@H](Cc1c[nH]c2ccccc12)NC(=O)[C@@H](N)CCCN=C(N)N)C(=O)N[C@H](Cc1ccccc1)C(=O)N[C@H](CC(=O)O)C(N)=O. The first-order chi connectivity index (χ1) is 30.6. The first-order valence-electron chi connectivity index (χ1n) is 21.0. The number of nitrogens with zero attached hydrogens (tertiary/aromatic N) is 1. The lowest BCUT2D eigenvalue weighted by Crippen LogP contribution is -2.61. The Bertz CT molecular complexity index is 2250. The van der Waals surface area contributed by atoms with Gasteiger partial charge in [-0.25, -0.2) is 0 Å². The number of aromatic amines is 1. The van der Waals surface area contributed by atoms with E-state index in [1.54, 1.807) is 80.7 Å². The molecule has 0 radical (unpaired) electrons. The van der Waals surface area contributed by atoms with E-state index in [4.69, 9.17) is 22.9 Å². The molecule has 3 aromatic carbocycles. The fourth-order valence-corrected chi connectivity index (χ4v) is 6.94. The number of hydrogen-bond acceptors (Lipinski definition) is 9. The van der Waals surface area contributed by atoms with Gasteiger partial charge in [0.15, 0.2) is 5.96 Å². The number of carboxylic acid groups (broad SMARTS) is 1. The van der Waals surface area contributed by atoms with Crippen molar-refractivity contribution >= 4 is 58.3 Å². The number of nitrogens with one attached hydrogen (secondary N) is 6. The molecule has 0 aliphatic rings. The average Bonchev–Trinajstić information content (AvgIpc) is 3.68. The topological polar surface area (TPSA) is 332 Å². The van der Waals surface area contributed by atoms with Gasteiger partial charge in [-0.3, -0.25) is 38.6 Å². The van der Waals surface area contributed by atoms with E-state index in [1.807, 2.05) is 24.3 Å². The molecule has 0 saturated heterocycles. The summed E-state index contributed by atoms with van der Waals surface area (Å²) in [5.74, 6) is -6.73. The van der Waals surface area contributed by atoms with Crippen LogP contribution in [0.4, 0.5) is 0 Å². The summed E-state index contributed by atoms with van der Waals surface area (Å²) < 4.78 is 0. The van der Waals surface area contributed by atoms with Gasteiger partial charge in [-0.1, -0.05) is 99.1 Å². The highest BCUT2D eigenvalue weighted by Gasteiger charge is 2.35. The number of fused-ring (bicyclic) bond motifs is 1. The highest BCUT2D eigenvalue weighted by molar-refractivity contribution is 5.97. The average molecular weight is 882 g/mol. The van der Waals surface area contributed by atoms with Crippen LogP contribution in [0.15, 0.2) is 96.1 Å². The van der Waals surface area contributed by atoms with E-state index < -0.39 is 90.0 Å². The molecule has 0 unspecified atom stereocenters. The second-order valence-electron chi connectivity index (χ2n) is 15.6. The first kappa shape index (κ1) is 49.4. The number of benzene rings is 3. The molecule has 0 aliphatic carbocycles. The zero-order chi connectivity index (χ0) is 46.8. The van der Waals surface area contributed by atoms with Gasteiger partial charge >= 0.3 is 5.97 Å². The predicted octanol–water partition coefficient (Wildman–Crippen LogP) is 0.00680. The fourth-order valence-electron chi connectivity index (χ4n) is 6.94. The number of carboxylic acids is 1. The maximum absolute atomic E-state index is 14.5. The monoisotopic (exact) mass is 881 g/mol. The van der Waals surface area contributed by atoms with Crippen molar-refractivity contribution in [3.63, 3.8) is 0 Å². The molecule has 0 fully saturated rings. The molecule has 0 saturated carbocycles. The Morgan fingerprint density at radius 2 is 1.16 bits per heavy atom. The molecule has 0 bridgehead atoms. The van der Waals surface area contributed by atoms with Crippen LogP contribution in [0.2, 0.25) is 0 Å². The zero-order valence-electron chi connectivity index (χ0n) is 35.9. The molecule has 0 spiro atoms. The number of amides is 6. The maximum Gasteiger partial charge on any atom is 0.305 e. The number of rotatable bonds is 25. The Morgan fingerprint density at radius 3 is 1.70 bits per heavy atom. The summed E-state index contributed by atoms with van der Waals surface area (Å²) in [5.41, 5.74) is 25.3. The van der Waals surface area contributed by atoms with Gasteiger partial charge in [-0.05, 0) is 41.5 Å². The highest BCUT2D eigenvalue weighted by Crippen LogP contribution is 2.20. The third-order valence-corrected chi connectivity index (χ3v) is 10.7. The molecule has 4 rings (SSSR count). The van der Waals surface area contributed by atoms with Crippen molar-refractivity contribution in [1.29, 1.82) is 0 Å². The molecule has 4 aromatic rings. The molecule has 1 aromatic heterocycles. The standard InChI is InChI=1S/C45H59N11O8/c1-3-26(2)38(44(64)55-34(21-27-13-6-4-7-14-27)41(61)52-33(39(47)59)24-37(57)58)56-43(63)35(22-28-15-8-5-9-16-28)54-42(62)36(23-29-25-51-32-19-11-10-17-30(29)32)53-40(60)31(46)18-12-20-50-45(48)49/h4-11,13-17,19,25-26,31,33-36,38,51H,3,12,18,20-24,46H2,1-2H3,(H2,47,59)(H,52,61)(H,53,60)(H,54,62)(H,55,64)(H,56,63)(H,57,58)(H4,48,49,50)/t26-,31+,33-,34-,35-,36+,38-/m1/s1. The van der Waals surface area contributed by atoms with Gasteiger partial charge in [0, 0.05) is 42.9 Å². The number of aliphatic carboxylic acids is 1. The Hall–Kier alpha value is -7.28. The zero-order valence-corrected chi connectivity index (χ0v) is 35.9. The van der Waals surface area contributed by atoms with Crippen LogP contribution >= 0.6 is 0 Å². The predicted molar refractivity (Wildman–Crippen MR) is 241 cm³/mol. The first-order valence-corrected chi connectivity index (χ1v) is 21.0. The van der Waals surface area contributed by atoms with Gasteiger partial charge < -0.3 is 59.6 Å². The van der Waals surface area contributed by atoms with Crippen molar-refractivity contribution < 1.29 is 38.7 Å². The summed E-state index contributed by atoms with van der Waals surface area (Å²) in [6.07, 6.45) is 1.91. The van der Waals surface area contributed by atoms with Gasteiger partial charge in [0.05, 0.1) is 12.5 Å². The number of H-pyrrole nitrogens is 1. The van der Waals surface area contributed by atoms with Crippen LogP contribution in [0.5, 0.6) is 0 Å². The number of hydrogen-bond donors (Lipinski definition) is 11. The molecule has 6 amide bonds. The third-order valence-electron chi connectivity index (χ3n) is 10.7. The molecule has 342 valence electrons. The van der Waals surface area contributed by atoms with Gasteiger partial charge in [0.25, 0.3) is 0 Å². The van der Waals surface area contributed by atoms with Gasteiger partial charge in [-0.15, -0.1) is 0 Å².